The van der Waals surface area contributed by atoms with Gasteiger partial charge in [0.2, 0.25) is 16.9 Å². The Balaban J connectivity index is 2.15. The smallest absolute Gasteiger partial charge is 0.240 e. The van der Waals surface area contributed by atoms with Gasteiger partial charge in [-0.2, -0.15) is 0 Å². The van der Waals surface area contributed by atoms with Gasteiger partial charge in [-0.3, -0.25) is 4.79 Å². The molecule has 112 valence electrons. The van der Waals surface area contributed by atoms with Crippen molar-refractivity contribution in [3.05, 3.63) is 66.0 Å². The first kappa shape index (κ1) is 13.6. The molecule has 0 radical (unpaired) electrons. The third kappa shape index (κ3) is 2.19. The van der Waals surface area contributed by atoms with Gasteiger partial charge in [-0.15, -0.1) is 4.57 Å². The van der Waals surface area contributed by atoms with Gasteiger partial charge in [0, 0.05) is 43.4 Å². The number of nitrogens with zero attached hydrogens (tertiary/aromatic N) is 2. The molecule has 23 heavy (non-hydrogen) atoms. The molecule has 1 heterocycles. The van der Waals surface area contributed by atoms with E-state index in [2.05, 4.69) is 20.9 Å². The van der Waals surface area contributed by atoms with Gasteiger partial charge in [0.05, 0.1) is 0 Å². The molecule has 4 heteroatoms. The van der Waals surface area contributed by atoms with E-state index >= 15 is 0 Å². The number of rotatable bonds is 2. The molecule has 0 bridgehead atoms. The van der Waals surface area contributed by atoms with Crippen molar-refractivity contribution in [2.45, 2.75) is 6.42 Å². The summed E-state index contributed by atoms with van der Waals surface area (Å²) in [5.41, 5.74) is 5.20. The van der Waals surface area contributed by atoms with E-state index in [0.29, 0.717) is 12.1 Å². The molecule has 2 aromatic carbocycles. The number of carbonyl (C=O) groups excluding carboxylic acids is 1. The molecular weight excluding hydrogens is 286 g/mol. The van der Waals surface area contributed by atoms with E-state index in [1.54, 1.807) is 0 Å². The predicted octanol–water partition coefficient (Wildman–Crippen LogP) is 3.15. The van der Waals surface area contributed by atoms with Crippen molar-refractivity contribution in [3.8, 4) is 5.69 Å². The molecular formula is C19H16N3O+. The van der Waals surface area contributed by atoms with Crippen LogP contribution in [0.2, 0.25) is 0 Å². The van der Waals surface area contributed by atoms with E-state index < -0.39 is 0 Å². The third-order valence-corrected chi connectivity index (χ3v) is 4.08. The van der Waals surface area contributed by atoms with Gasteiger partial charge >= 0.3 is 0 Å². The molecule has 4 rings (SSSR count). The molecule has 0 spiro atoms. The number of hydrogen-bond acceptors (Lipinski definition) is 3. The van der Waals surface area contributed by atoms with E-state index in [0.717, 1.165) is 28.1 Å². The average Bonchev–Trinajstić information content (AvgIpc) is 2.60. The summed E-state index contributed by atoms with van der Waals surface area (Å²) in [6, 6.07) is 16.0. The maximum Gasteiger partial charge on any atom is 0.240 e. The fourth-order valence-corrected chi connectivity index (χ4v) is 2.95. The summed E-state index contributed by atoms with van der Waals surface area (Å²) in [4.78, 5) is 16.9. The van der Waals surface area contributed by atoms with E-state index in [1.165, 1.54) is 0 Å². The standard InChI is InChI=1S/C19H15N3O/c1-20-13-10-11-15-17(12-13)22(14-6-3-2-4-7-14)16-8-5-9-18(23)19(16)21-15/h2-8,10-12H,9H2,1H3/p+1. The molecule has 0 unspecified atom stereocenters. The minimum atomic E-state index is 0.0618. The summed E-state index contributed by atoms with van der Waals surface area (Å²) >= 11 is 0. The van der Waals surface area contributed by atoms with Crippen LogP contribution in [0.3, 0.4) is 0 Å². The molecule has 4 nitrogen and oxygen atoms in total. The molecule has 0 atom stereocenters. The first-order valence-electron chi connectivity index (χ1n) is 7.60. The lowest BCUT2D eigenvalue weighted by Crippen LogP contribution is -2.38. The number of ketones is 1. The zero-order valence-corrected chi connectivity index (χ0v) is 12.8. The van der Waals surface area contributed by atoms with Crippen LogP contribution in [0.15, 0.2) is 54.6 Å². The van der Waals surface area contributed by atoms with Crippen LogP contribution in [0, 0.1) is 0 Å². The van der Waals surface area contributed by atoms with Crippen LogP contribution in [-0.4, -0.2) is 17.8 Å². The Morgan fingerprint density at radius 1 is 1.13 bits per heavy atom. The van der Waals surface area contributed by atoms with Gasteiger partial charge in [0.25, 0.3) is 0 Å². The molecule has 1 aliphatic carbocycles. The monoisotopic (exact) mass is 302 g/mol. The van der Waals surface area contributed by atoms with Gasteiger partial charge in [-0.1, -0.05) is 24.3 Å². The fourth-order valence-electron chi connectivity index (χ4n) is 2.95. The Hall–Kier alpha value is -3.01. The summed E-state index contributed by atoms with van der Waals surface area (Å²) < 4.78 is 2.10. The van der Waals surface area contributed by atoms with Crippen molar-refractivity contribution >= 4 is 28.6 Å². The Labute approximate surface area is 134 Å². The quantitative estimate of drug-likeness (QED) is 0.740. The highest BCUT2D eigenvalue weighted by Gasteiger charge is 2.28. The van der Waals surface area contributed by atoms with Gasteiger partial charge in [-0.05, 0) is 12.1 Å². The molecule has 1 aromatic heterocycles. The Kier molecular flexibility index (Phi) is 3.15. The maximum atomic E-state index is 12.3. The van der Waals surface area contributed by atoms with Gasteiger partial charge < -0.3 is 5.32 Å². The van der Waals surface area contributed by atoms with Gasteiger partial charge in [0.15, 0.2) is 11.5 Å². The largest absolute Gasteiger partial charge is 0.388 e. The van der Waals surface area contributed by atoms with Crippen molar-refractivity contribution in [1.82, 2.24) is 4.98 Å². The second kappa shape index (κ2) is 5.32. The summed E-state index contributed by atoms with van der Waals surface area (Å²) in [5, 5.41) is 3.16. The number of anilines is 1. The zero-order chi connectivity index (χ0) is 15.8. The number of Topliss-reactive ketones (excluding diaryl/α,β-unsaturated/α-hetero) is 1. The highest BCUT2D eigenvalue weighted by molar-refractivity contribution is 6.01. The minimum Gasteiger partial charge on any atom is -0.388 e. The predicted molar refractivity (Wildman–Crippen MR) is 90.8 cm³/mol. The maximum absolute atomic E-state index is 12.3. The van der Waals surface area contributed by atoms with Crippen molar-refractivity contribution in [2.24, 2.45) is 0 Å². The topological polar surface area (TPSA) is 45.9 Å². The van der Waals surface area contributed by atoms with Crippen LogP contribution in [0.4, 0.5) is 5.69 Å². The molecule has 1 aliphatic rings. The van der Waals surface area contributed by atoms with E-state index in [4.69, 9.17) is 0 Å². The van der Waals surface area contributed by atoms with Crippen molar-refractivity contribution in [2.75, 3.05) is 12.4 Å². The van der Waals surface area contributed by atoms with E-state index in [-0.39, 0.29) is 5.78 Å². The van der Waals surface area contributed by atoms with Crippen LogP contribution in [-0.2, 0) is 0 Å². The molecule has 0 saturated carbocycles. The molecule has 3 aromatic rings. The third-order valence-electron chi connectivity index (χ3n) is 4.08. The number of nitrogens with one attached hydrogen (secondary N) is 1. The zero-order valence-electron chi connectivity index (χ0n) is 12.8. The first-order chi connectivity index (χ1) is 11.3. The Morgan fingerprint density at radius 3 is 2.74 bits per heavy atom. The van der Waals surface area contributed by atoms with Crippen molar-refractivity contribution in [1.29, 1.82) is 0 Å². The van der Waals surface area contributed by atoms with Crippen LogP contribution in [0.25, 0.3) is 22.8 Å². The molecule has 0 amide bonds. The highest BCUT2D eigenvalue weighted by atomic mass is 16.1. The molecule has 0 aliphatic heterocycles. The van der Waals surface area contributed by atoms with Crippen molar-refractivity contribution < 1.29 is 9.36 Å². The van der Waals surface area contributed by atoms with Crippen molar-refractivity contribution in [3.63, 3.8) is 0 Å². The van der Waals surface area contributed by atoms with Crippen LogP contribution in [0.5, 0.6) is 0 Å². The second-order valence-corrected chi connectivity index (χ2v) is 5.50. The van der Waals surface area contributed by atoms with Gasteiger partial charge in [0.1, 0.15) is 5.52 Å². The first-order valence-corrected chi connectivity index (χ1v) is 7.60. The number of benzene rings is 2. The summed E-state index contributed by atoms with van der Waals surface area (Å²) in [7, 11) is 1.89. The minimum absolute atomic E-state index is 0.0618. The number of hydrogen-bond donors (Lipinski definition) is 1. The number of fused-ring (bicyclic) bond motifs is 2. The van der Waals surface area contributed by atoms with Crippen LogP contribution < -0.4 is 9.88 Å². The van der Waals surface area contributed by atoms with Crippen LogP contribution in [0.1, 0.15) is 22.6 Å². The second-order valence-electron chi connectivity index (χ2n) is 5.50. The molecule has 0 saturated heterocycles. The lowest BCUT2D eigenvalue weighted by atomic mass is 10.0. The summed E-state index contributed by atoms with van der Waals surface area (Å²) in [6.07, 6.45) is 4.30. The van der Waals surface area contributed by atoms with Gasteiger partial charge in [-0.25, -0.2) is 4.98 Å². The normalized spacial score (nSPS) is 13.2. The Morgan fingerprint density at radius 2 is 1.96 bits per heavy atom. The average molecular weight is 302 g/mol. The Bertz CT molecular complexity index is 946. The van der Waals surface area contributed by atoms with Crippen LogP contribution >= 0.6 is 0 Å². The summed E-state index contributed by atoms with van der Waals surface area (Å²) in [6.45, 7) is 0. The summed E-state index contributed by atoms with van der Waals surface area (Å²) in [5.74, 6) is 0.0618. The molecule has 0 fully saturated rings. The van der Waals surface area contributed by atoms with E-state index in [9.17, 15) is 4.79 Å². The number of aromatic nitrogens is 2. The molecule has 1 N–H and O–H groups in total. The fraction of sp³-hybridized carbons (Fsp3) is 0.105. The number of carbonyl (C=O) groups is 1. The highest BCUT2D eigenvalue weighted by Crippen LogP contribution is 2.22. The number of para-hydroxylation sites is 1. The number of allylic oxidation sites excluding steroid dienone is 1. The lowest BCUT2D eigenvalue weighted by molar-refractivity contribution is -0.569. The lowest BCUT2D eigenvalue weighted by Gasteiger charge is -2.11. The van der Waals surface area contributed by atoms with E-state index in [1.807, 2.05) is 61.7 Å². The SMILES string of the molecule is CNc1ccc2nc3c([n+](-c4ccccc4)c2c1)C=CCC3=O.